The van der Waals surface area contributed by atoms with Gasteiger partial charge in [-0.15, -0.1) is 0 Å². The van der Waals surface area contributed by atoms with Crippen LogP contribution in [-0.2, 0) is 14.3 Å². The third-order valence-electron chi connectivity index (χ3n) is 9.55. The molecule has 1 atom stereocenters. The molecule has 5 heteroatoms. The number of ether oxygens (including phenoxy) is 2. The molecule has 194 valence electrons. The largest absolute Gasteiger partial charge is 0.462 e. The molecule has 1 unspecified atom stereocenters. The summed E-state index contributed by atoms with van der Waals surface area (Å²) >= 11 is 0. The molecular formula is C30H42F2O3. The molecule has 0 radical (unpaired) electrons. The molecule has 3 saturated carbocycles. The van der Waals surface area contributed by atoms with E-state index in [1.54, 1.807) is 0 Å². The number of carbonyl (C=O) groups is 1. The highest BCUT2D eigenvalue weighted by molar-refractivity contribution is 5.72. The van der Waals surface area contributed by atoms with E-state index in [1.807, 2.05) is 0 Å². The lowest BCUT2D eigenvalue weighted by Gasteiger charge is -2.37. The Morgan fingerprint density at radius 3 is 2.00 bits per heavy atom. The van der Waals surface area contributed by atoms with Crippen molar-refractivity contribution < 1.29 is 23.0 Å². The van der Waals surface area contributed by atoms with E-state index in [0.29, 0.717) is 6.61 Å². The Bertz CT molecular complexity index is 835. The first-order valence-electron chi connectivity index (χ1n) is 14.3. The molecule has 3 nitrogen and oxygen atoms in total. The van der Waals surface area contributed by atoms with Crippen LogP contribution in [0.3, 0.4) is 0 Å². The van der Waals surface area contributed by atoms with Crippen molar-refractivity contribution in [2.75, 3.05) is 6.61 Å². The zero-order valence-electron chi connectivity index (χ0n) is 21.3. The first-order chi connectivity index (χ1) is 17.0. The summed E-state index contributed by atoms with van der Waals surface area (Å²) in [5.41, 5.74) is 0.784. The predicted molar refractivity (Wildman–Crippen MR) is 132 cm³/mol. The Hall–Kier alpha value is -1.49. The van der Waals surface area contributed by atoms with Crippen LogP contribution in [0.2, 0.25) is 0 Å². The molecule has 4 fully saturated rings. The molecule has 1 aromatic carbocycles. The zero-order chi connectivity index (χ0) is 24.4. The van der Waals surface area contributed by atoms with Gasteiger partial charge in [-0.1, -0.05) is 32.6 Å². The van der Waals surface area contributed by atoms with E-state index in [1.165, 1.54) is 63.5 Å². The lowest BCUT2D eigenvalue weighted by molar-refractivity contribution is -0.157. The predicted octanol–water partition coefficient (Wildman–Crippen LogP) is 8.02. The lowest BCUT2D eigenvalue weighted by atomic mass is 9.69. The SMILES string of the molecule is CCCC1CCC(C2CCC(C(=O)OC3CCC(c4cc(F)c(C5CO5)c(F)c4)CC3)CC2)CC1. The summed E-state index contributed by atoms with van der Waals surface area (Å²) in [6.45, 7) is 2.69. The van der Waals surface area contributed by atoms with Crippen molar-refractivity contribution >= 4 is 5.97 Å². The summed E-state index contributed by atoms with van der Waals surface area (Å²) in [5.74, 6) is 1.79. The second-order valence-corrected chi connectivity index (χ2v) is 11.8. The van der Waals surface area contributed by atoms with E-state index in [4.69, 9.17) is 9.47 Å². The van der Waals surface area contributed by atoms with Gasteiger partial charge in [0.15, 0.2) is 0 Å². The maximum atomic E-state index is 14.4. The summed E-state index contributed by atoms with van der Waals surface area (Å²) in [4.78, 5) is 12.9. The van der Waals surface area contributed by atoms with Crippen LogP contribution in [0.15, 0.2) is 12.1 Å². The van der Waals surface area contributed by atoms with Crippen molar-refractivity contribution in [2.24, 2.45) is 23.7 Å². The molecule has 0 amide bonds. The Morgan fingerprint density at radius 1 is 0.886 bits per heavy atom. The summed E-state index contributed by atoms with van der Waals surface area (Å²) in [6.07, 6.45) is 15.2. The maximum absolute atomic E-state index is 14.4. The van der Waals surface area contributed by atoms with Crippen molar-refractivity contribution in [1.29, 1.82) is 0 Å². The quantitative estimate of drug-likeness (QED) is 0.288. The molecule has 4 aliphatic rings. The number of benzene rings is 1. The van der Waals surface area contributed by atoms with Gasteiger partial charge >= 0.3 is 5.97 Å². The van der Waals surface area contributed by atoms with E-state index >= 15 is 0 Å². The monoisotopic (exact) mass is 488 g/mol. The minimum atomic E-state index is -0.499. The van der Waals surface area contributed by atoms with Crippen LogP contribution < -0.4 is 0 Å². The first kappa shape index (κ1) is 25.2. The zero-order valence-corrected chi connectivity index (χ0v) is 21.3. The Morgan fingerprint density at radius 2 is 1.46 bits per heavy atom. The topological polar surface area (TPSA) is 38.8 Å². The number of rotatable bonds is 7. The average molecular weight is 489 g/mol. The van der Waals surface area contributed by atoms with Gasteiger partial charge in [-0.3, -0.25) is 4.79 Å². The summed E-state index contributed by atoms with van der Waals surface area (Å²) < 4.78 is 39.8. The fourth-order valence-electron chi connectivity index (χ4n) is 7.32. The molecule has 1 aliphatic heterocycles. The van der Waals surface area contributed by atoms with Crippen molar-refractivity contribution in [3.05, 3.63) is 34.9 Å². The minimum absolute atomic E-state index is 0.00979. The molecule has 1 heterocycles. The van der Waals surface area contributed by atoms with Gasteiger partial charge in [0.2, 0.25) is 0 Å². The maximum Gasteiger partial charge on any atom is 0.309 e. The van der Waals surface area contributed by atoms with Crippen LogP contribution >= 0.6 is 0 Å². The number of epoxide rings is 1. The van der Waals surface area contributed by atoms with Gasteiger partial charge in [-0.25, -0.2) is 8.78 Å². The van der Waals surface area contributed by atoms with Crippen molar-refractivity contribution in [3.8, 4) is 0 Å². The molecule has 1 aromatic rings. The molecule has 1 saturated heterocycles. The van der Waals surface area contributed by atoms with E-state index in [9.17, 15) is 13.6 Å². The second-order valence-electron chi connectivity index (χ2n) is 11.8. The summed E-state index contributed by atoms with van der Waals surface area (Å²) in [6, 6.07) is 2.96. The second kappa shape index (κ2) is 11.3. The van der Waals surface area contributed by atoms with Crippen LogP contribution in [0.5, 0.6) is 0 Å². The van der Waals surface area contributed by atoms with E-state index in [2.05, 4.69) is 6.92 Å². The van der Waals surface area contributed by atoms with Crippen LogP contribution in [0.4, 0.5) is 8.78 Å². The van der Waals surface area contributed by atoms with E-state index < -0.39 is 17.7 Å². The Labute approximate surface area is 209 Å². The molecule has 5 rings (SSSR count). The summed E-state index contributed by atoms with van der Waals surface area (Å²) in [5, 5.41) is 0. The molecule has 35 heavy (non-hydrogen) atoms. The number of carbonyl (C=O) groups excluding carboxylic acids is 1. The van der Waals surface area contributed by atoms with Crippen LogP contribution in [0.25, 0.3) is 0 Å². The standard InChI is InChI=1S/C30H42F2O3/c1-2-3-19-4-6-20(7-5-19)21-8-10-23(11-9-21)30(33)35-25-14-12-22(13-15-25)24-16-26(31)29(27(32)17-24)28-18-34-28/h16-17,19-23,25,28H,2-15,18H2,1H3. The highest BCUT2D eigenvalue weighted by Gasteiger charge is 2.36. The van der Waals surface area contributed by atoms with Crippen LogP contribution in [-0.4, -0.2) is 18.7 Å². The number of esters is 1. The number of hydrogen-bond donors (Lipinski definition) is 0. The highest BCUT2D eigenvalue weighted by Crippen LogP contribution is 2.43. The highest BCUT2D eigenvalue weighted by atomic mass is 19.1. The number of halogens is 2. The van der Waals surface area contributed by atoms with Crippen LogP contribution in [0.1, 0.15) is 120 Å². The normalized spacial score (nSPS) is 35.5. The Kier molecular flexibility index (Phi) is 8.11. The minimum Gasteiger partial charge on any atom is -0.462 e. The van der Waals surface area contributed by atoms with Crippen molar-refractivity contribution in [2.45, 2.75) is 115 Å². The van der Waals surface area contributed by atoms with Gasteiger partial charge in [0.05, 0.1) is 18.1 Å². The van der Waals surface area contributed by atoms with Gasteiger partial charge in [-0.05, 0) is 106 Å². The smallest absolute Gasteiger partial charge is 0.309 e. The fourth-order valence-corrected chi connectivity index (χ4v) is 7.32. The van der Waals surface area contributed by atoms with E-state index in [-0.39, 0.29) is 29.5 Å². The third-order valence-corrected chi connectivity index (χ3v) is 9.55. The summed E-state index contributed by atoms with van der Waals surface area (Å²) in [7, 11) is 0. The first-order valence-corrected chi connectivity index (χ1v) is 14.3. The molecule has 0 spiro atoms. The molecule has 0 aromatic heterocycles. The Balaban J connectivity index is 1.04. The lowest BCUT2D eigenvalue weighted by Crippen LogP contribution is -2.32. The van der Waals surface area contributed by atoms with Gasteiger partial charge in [-0.2, -0.15) is 0 Å². The molecule has 0 bridgehead atoms. The van der Waals surface area contributed by atoms with Crippen molar-refractivity contribution in [3.63, 3.8) is 0 Å². The van der Waals surface area contributed by atoms with Gasteiger partial charge in [0.25, 0.3) is 0 Å². The van der Waals surface area contributed by atoms with Crippen molar-refractivity contribution in [1.82, 2.24) is 0 Å². The third kappa shape index (κ3) is 6.09. The number of hydrogen-bond acceptors (Lipinski definition) is 3. The average Bonchev–Trinajstić information content (AvgIpc) is 3.70. The fraction of sp³-hybridized carbons (Fsp3) is 0.767. The van der Waals surface area contributed by atoms with Gasteiger partial charge in [0.1, 0.15) is 23.8 Å². The van der Waals surface area contributed by atoms with Gasteiger partial charge < -0.3 is 9.47 Å². The van der Waals surface area contributed by atoms with E-state index in [0.717, 1.165) is 61.8 Å². The molecular weight excluding hydrogens is 446 g/mol. The molecule has 3 aliphatic carbocycles. The molecule has 0 N–H and O–H groups in total. The van der Waals surface area contributed by atoms with Crippen LogP contribution in [0, 0.1) is 35.3 Å². The van der Waals surface area contributed by atoms with Gasteiger partial charge in [0, 0.05) is 0 Å².